The highest BCUT2D eigenvalue weighted by molar-refractivity contribution is 7.93. The molecule has 0 aliphatic carbocycles. The monoisotopic (exact) mass is 2010 g/mol. The second-order valence-corrected chi connectivity index (χ2v) is 49.1. The first-order chi connectivity index (χ1) is 62.3. The van der Waals surface area contributed by atoms with Crippen molar-refractivity contribution in [3.63, 3.8) is 0 Å². The van der Waals surface area contributed by atoms with Crippen molar-refractivity contribution in [2.24, 2.45) is 0 Å². The van der Waals surface area contributed by atoms with Crippen molar-refractivity contribution in [2.75, 3.05) is 78.6 Å². The van der Waals surface area contributed by atoms with Crippen molar-refractivity contribution in [2.45, 2.75) is 363 Å². The molecule has 0 radical (unpaired) electrons. The Bertz CT molecular complexity index is 4440. The van der Waals surface area contributed by atoms with E-state index in [0.29, 0.717) is 72.1 Å². The molecule has 0 bridgehead atoms. The van der Waals surface area contributed by atoms with Crippen molar-refractivity contribution in [1.82, 2.24) is 0 Å². The number of nitrogens with one attached hydrogen (secondary N) is 2. The predicted octanol–water partition coefficient (Wildman–Crippen LogP) is 26.2. The summed E-state index contributed by atoms with van der Waals surface area (Å²) in [5, 5.41) is 3.38. The minimum atomic E-state index is -3.32. The van der Waals surface area contributed by atoms with Crippen LogP contribution in [0.1, 0.15) is 292 Å². The molecule has 0 amide bonds. The topological polar surface area (TPSA) is 337 Å². The third-order valence-corrected chi connectivity index (χ3v) is 30.8. The first kappa shape index (κ1) is 139. The lowest BCUT2D eigenvalue weighted by Crippen LogP contribution is -2.16. The van der Waals surface area contributed by atoms with Gasteiger partial charge in [0.2, 0.25) is 0 Å². The van der Waals surface area contributed by atoms with Crippen molar-refractivity contribution < 1.29 is 96.8 Å². The molecular weight excluding hydrogens is 1830 g/mol. The second kappa shape index (κ2) is 80.7. The van der Waals surface area contributed by atoms with Crippen LogP contribution in [0.5, 0.6) is 28.7 Å². The molecule has 0 aromatic heterocycles. The molecule has 0 fully saturated rings. The highest BCUT2D eigenvalue weighted by Gasteiger charge is 2.27. The molecule has 7 aromatic rings. The second-order valence-electron chi connectivity index (χ2n) is 31.6. The highest BCUT2D eigenvalue weighted by Crippen LogP contribution is 2.31. The number of hydrogen-bond acceptors (Lipinski definition) is 24. The van der Waals surface area contributed by atoms with Gasteiger partial charge in [0.05, 0.1) is 80.1 Å². The van der Waals surface area contributed by atoms with E-state index in [1.165, 1.54) is 72.3 Å². The molecule has 0 atom stereocenters. The summed E-state index contributed by atoms with van der Waals surface area (Å²) in [6.07, 6.45) is 12.5. The summed E-state index contributed by atoms with van der Waals surface area (Å²) in [7, 11) is -18.1. The fourth-order valence-corrected chi connectivity index (χ4v) is 16.6. The van der Waals surface area contributed by atoms with E-state index in [9.17, 15) is 58.9 Å². The van der Waals surface area contributed by atoms with Gasteiger partial charge in [-0.05, 0) is 238 Å². The smallest absolute Gasteiger partial charge is 0.188 e. The van der Waals surface area contributed by atoms with Crippen LogP contribution >= 0.6 is 0 Å². The van der Waals surface area contributed by atoms with Crippen molar-refractivity contribution in [3.05, 3.63) is 170 Å². The molecule has 0 saturated heterocycles. The molecule has 24 nitrogen and oxygen atoms in total. The third kappa shape index (κ3) is 59.4. The van der Waals surface area contributed by atoms with Gasteiger partial charge < -0.3 is 48.5 Å². The van der Waals surface area contributed by atoms with Crippen LogP contribution in [0.2, 0.25) is 0 Å². The van der Waals surface area contributed by atoms with E-state index in [1.807, 2.05) is 39.0 Å². The molecule has 0 aliphatic rings. The van der Waals surface area contributed by atoms with Crippen LogP contribution in [-0.4, -0.2) is 164 Å². The Balaban J connectivity index is -0.000000268. The minimum Gasteiger partial charge on any atom is -0.494 e. The van der Waals surface area contributed by atoms with Gasteiger partial charge in [-0.1, -0.05) is 224 Å². The van der Waals surface area contributed by atoms with E-state index in [0.717, 1.165) is 44.5 Å². The van der Waals surface area contributed by atoms with Crippen LogP contribution in [0, 0.1) is 0 Å². The molecule has 0 heterocycles. The highest BCUT2D eigenvalue weighted by atomic mass is 32.2. The first-order valence-corrected chi connectivity index (χ1v) is 57.6. The largest absolute Gasteiger partial charge is 0.494 e. The van der Waals surface area contributed by atoms with E-state index < -0.39 is 100 Å². The van der Waals surface area contributed by atoms with Crippen LogP contribution in [0.15, 0.2) is 204 Å². The maximum atomic E-state index is 12.1. The fraction of sp³-hybridized carbons (Fsp3) is 0.588. The lowest BCUT2D eigenvalue weighted by atomic mass is 10.3. The Labute approximate surface area is 811 Å². The van der Waals surface area contributed by atoms with Crippen molar-refractivity contribution >= 4 is 80.2 Å². The van der Waals surface area contributed by atoms with Gasteiger partial charge in [-0.3, -0.25) is 0 Å². The van der Waals surface area contributed by atoms with Crippen LogP contribution in [0.3, 0.4) is 0 Å². The molecule has 31 heteroatoms. The van der Waals surface area contributed by atoms with Gasteiger partial charge in [0.25, 0.3) is 0 Å². The average molecular weight is 2010 g/mol. The minimum absolute atomic E-state index is 0.0324. The number of anilines is 2. The Hall–Kier alpha value is -7.33. The van der Waals surface area contributed by atoms with Gasteiger partial charge in [-0.15, -0.1) is 0 Å². The summed E-state index contributed by atoms with van der Waals surface area (Å²) in [6.45, 7) is 64.3. The predicted molar refractivity (Wildman–Crippen MR) is 560 cm³/mol. The lowest BCUT2D eigenvalue weighted by Gasteiger charge is -2.13. The van der Waals surface area contributed by atoms with E-state index in [1.54, 1.807) is 243 Å². The molecule has 7 aromatic carbocycles. The standard InChI is InChI=1S/2C12H19NO2S.2C12H18O3S.3C11H16O4S.7C3H8/c1-4-9-13-11-7-5-6-8-12(11)16(14,15)10(2)3;1-4-8-13-11-6-5-7-12(9-11)16(14,15)10(2)3;1-4-9-15-11-7-5-6-8-12(11)16(13,14)10(2)3;1-4-8-15-11-6-5-7-12(9-11)16(13,14)10(2)3;1-9(2)16(12,13)11-6-4-10(5-7-11)15-8-14-3;1-9(2)16(12,13)11-6-4-5-10(7-11)15-8-14-3;1-9(2)16(12,13)11-7-5-4-6-10(11)15-8-14-3;7*1-3-2/h5-8,10,13H,4,9H2,1-3H3;5-7,9-10,13H,4,8H2,1-3H3;5-8,10H,4,9H2,1-3H3;5-7,9-10H,4,8H2,1-3H3;3*4-7,9H,8H2,1-3H3;7*3H2,1-2H3. The summed E-state index contributed by atoms with van der Waals surface area (Å²) in [6, 6.07) is 46.8. The normalized spacial score (nSPS) is 10.8. The lowest BCUT2D eigenvalue weighted by molar-refractivity contribution is 0.0490. The summed E-state index contributed by atoms with van der Waals surface area (Å²) in [5.41, 5.74) is 1.57. The molecule has 133 heavy (non-hydrogen) atoms. The van der Waals surface area contributed by atoms with Crippen molar-refractivity contribution in [1.29, 1.82) is 0 Å². The number of methoxy groups -OCH3 is 3. The Morgan fingerprint density at radius 3 is 0.850 bits per heavy atom. The van der Waals surface area contributed by atoms with Gasteiger partial charge in [0, 0.05) is 40.1 Å². The van der Waals surface area contributed by atoms with Gasteiger partial charge in [0.15, 0.2) is 89.2 Å². The van der Waals surface area contributed by atoms with Crippen molar-refractivity contribution in [3.8, 4) is 28.7 Å². The molecule has 0 aliphatic heterocycles. The van der Waals surface area contributed by atoms with Gasteiger partial charge in [0.1, 0.15) is 38.5 Å². The molecule has 7 rings (SSSR count). The Morgan fingerprint density at radius 1 is 0.241 bits per heavy atom. The van der Waals surface area contributed by atoms with Crippen LogP contribution < -0.4 is 34.3 Å². The number of hydrogen-bond donors (Lipinski definition) is 2. The SMILES string of the molecule is CCC.CCC.CCC.CCC.CCC.CCC.CCC.CCCNc1cccc(S(=O)(=O)C(C)C)c1.CCCNc1ccccc1S(=O)(=O)C(C)C.CCCOc1cccc(S(=O)(=O)C(C)C)c1.CCCOc1ccccc1S(=O)(=O)C(C)C.COCOc1ccc(S(=O)(=O)C(C)C)cc1.COCOc1cccc(S(=O)(=O)C(C)C)c1.COCOc1ccccc1S(=O)(=O)C(C)C. The summed E-state index contributed by atoms with van der Waals surface area (Å²) >= 11 is 0. The van der Waals surface area contributed by atoms with E-state index in [-0.39, 0.29) is 35.4 Å². The number of para-hydroxylation sites is 3. The zero-order valence-corrected chi connectivity index (χ0v) is 93.5. The fourth-order valence-electron chi connectivity index (χ4n) is 8.65. The maximum Gasteiger partial charge on any atom is 0.188 e. The summed E-state index contributed by atoms with van der Waals surface area (Å²) in [4.78, 5) is 2.21. The Kier molecular flexibility index (Phi) is 84.2. The van der Waals surface area contributed by atoms with Gasteiger partial charge >= 0.3 is 0 Å². The van der Waals surface area contributed by atoms with Gasteiger partial charge in [-0.2, -0.15) is 0 Å². The molecule has 2 N–H and O–H groups in total. The Morgan fingerprint density at radius 2 is 0.511 bits per heavy atom. The molecule has 0 unspecified atom stereocenters. The van der Waals surface area contributed by atoms with Crippen LogP contribution in [0.25, 0.3) is 0 Å². The van der Waals surface area contributed by atoms with E-state index in [2.05, 4.69) is 114 Å². The first-order valence-electron chi connectivity index (χ1n) is 46.8. The van der Waals surface area contributed by atoms with Crippen LogP contribution in [-0.2, 0) is 83.1 Å². The zero-order chi connectivity index (χ0) is 104. The zero-order valence-electron chi connectivity index (χ0n) is 87.8. The van der Waals surface area contributed by atoms with E-state index in [4.69, 9.17) is 37.9 Å². The number of rotatable bonds is 35. The quantitative estimate of drug-likeness (QED) is 0.0348. The van der Waals surface area contributed by atoms with Crippen LogP contribution in [0.4, 0.5) is 11.4 Å². The summed E-state index contributed by atoms with van der Waals surface area (Å²) in [5.74, 6) is 2.48. The maximum absolute atomic E-state index is 12.1. The molecule has 0 saturated carbocycles. The molecule has 770 valence electrons. The molecule has 0 spiro atoms. The number of ether oxygens (including phenoxy) is 8. The number of benzene rings is 7. The van der Waals surface area contributed by atoms with E-state index >= 15 is 0 Å². The van der Waals surface area contributed by atoms with Gasteiger partial charge in [-0.25, -0.2) is 58.9 Å². The summed E-state index contributed by atoms with van der Waals surface area (Å²) < 4.78 is 208. The third-order valence-electron chi connectivity index (χ3n) is 15.5. The molecular formula is C102H178N2O22S7. The number of sulfone groups is 7. The average Bonchev–Trinajstić information content (AvgIpc) is 0.813.